The van der Waals surface area contributed by atoms with E-state index in [1.165, 1.54) is 12.8 Å². The van der Waals surface area contributed by atoms with E-state index >= 15 is 0 Å². The fourth-order valence-corrected chi connectivity index (χ4v) is 3.67. The molecule has 3 rings (SSSR count). The maximum absolute atomic E-state index is 4.45. The number of guanidine groups is 1. The Hall–Kier alpha value is -1.59. The second-order valence-corrected chi connectivity index (χ2v) is 6.54. The molecule has 0 radical (unpaired) electrons. The number of fused-ring (bicyclic) bond motifs is 1. The number of nitrogens with zero attached hydrogens (tertiary/aromatic N) is 5. The average molecular weight is 290 g/mol. The minimum atomic E-state index is 0.707. The maximum Gasteiger partial charge on any atom is 0.194 e. The zero-order valence-corrected chi connectivity index (χ0v) is 13.3. The number of aromatic nitrogens is 3. The maximum atomic E-state index is 4.45. The van der Waals surface area contributed by atoms with E-state index in [1.807, 2.05) is 7.05 Å². The second-order valence-electron chi connectivity index (χ2n) is 6.54. The van der Waals surface area contributed by atoms with Crippen molar-refractivity contribution < 1.29 is 0 Å². The van der Waals surface area contributed by atoms with E-state index in [2.05, 4.69) is 43.8 Å². The molecule has 0 saturated carbocycles. The molecule has 3 heterocycles. The topological polar surface area (TPSA) is 58.3 Å². The van der Waals surface area contributed by atoms with Crippen molar-refractivity contribution in [1.29, 1.82) is 0 Å². The Morgan fingerprint density at radius 3 is 2.76 bits per heavy atom. The molecule has 0 amide bonds. The van der Waals surface area contributed by atoms with Gasteiger partial charge in [0.25, 0.3) is 0 Å². The smallest absolute Gasteiger partial charge is 0.194 e. The summed E-state index contributed by atoms with van der Waals surface area (Å²) in [6.45, 7) is 8.57. The van der Waals surface area contributed by atoms with Crippen LogP contribution in [0.25, 0.3) is 0 Å². The van der Waals surface area contributed by atoms with Crippen molar-refractivity contribution in [2.75, 3.05) is 20.1 Å². The molecule has 6 nitrogen and oxygen atoms in total. The Morgan fingerprint density at radius 2 is 2.05 bits per heavy atom. The fraction of sp³-hybridized carbons (Fsp3) is 0.800. The monoisotopic (exact) mass is 290 g/mol. The first kappa shape index (κ1) is 14.4. The van der Waals surface area contributed by atoms with E-state index in [-0.39, 0.29) is 0 Å². The summed E-state index contributed by atoms with van der Waals surface area (Å²) in [5.41, 5.74) is 0. The van der Waals surface area contributed by atoms with Crippen LogP contribution in [0.3, 0.4) is 0 Å². The van der Waals surface area contributed by atoms with Gasteiger partial charge in [-0.05, 0) is 24.7 Å². The van der Waals surface area contributed by atoms with Crippen LogP contribution in [0.1, 0.15) is 38.3 Å². The standard InChI is InChI=1S/C15H26N6/c1-11-7-12(2)10-20(9-11)15(16-3)17-8-14-19-18-13-5-4-6-21(13)14/h11-12H,4-10H2,1-3H3,(H,16,17). The molecule has 1 aromatic heterocycles. The zero-order chi connectivity index (χ0) is 14.8. The molecular formula is C15H26N6. The number of nitrogens with one attached hydrogen (secondary N) is 1. The van der Waals surface area contributed by atoms with Gasteiger partial charge in [0.1, 0.15) is 5.82 Å². The predicted octanol–water partition coefficient (Wildman–Crippen LogP) is 1.28. The summed E-state index contributed by atoms with van der Waals surface area (Å²) in [5.74, 6) is 4.60. The lowest BCUT2D eigenvalue weighted by Gasteiger charge is -2.37. The van der Waals surface area contributed by atoms with Crippen molar-refractivity contribution in [2.45, 2.75) is 46.2 Å². The molecule has 2 aliphatic rings. The number of aryl methyl sites for hydroxylation is 1. The molecule has 21 heavy (non-hydrogen) atoms. The highest BCUT2D eigenvalue weighted by molar-refractivity contribution is 5.79. The quantitative estimate of drug-likeness (QED) is 0.658. The van der Waals surface area contributed by atoms with Crippen LogP contribution in [0.15, 0.2) is 4.99 Å². The van der Waals surface area contributed by atoms with Crippen molar-refractivity contribution in [3.63, 3.8) is 0 Å². The van der Waals surface area contributed by atoms with Crippen molar-refractivity contribution in [1.82, 2.24) is 25.0 Å². The number of aliphatic imine (C=N–C) groups is 1. The van der Waals surface area contributed by atoms with Crippen LogP contribution in [-0.2, 0) is 19.5 Å². The Bertz CT molecular complexity index is 510. The third-order valence-electron chi connectivity index (χ3n) is 4.47. The molecule has 1 aromatic rings. The lowest BCUT2D eigenvalue weighted by molar-refractivity contribution is 0.208. The van der Waals surface area contributed by atoms with E-state index in [0.29, 0.717) is 6.54 Å². The highest BCUT2D eigenvalue weighted by Gasteiger charge is 2.24. The molecule has 0 bridgehead atoms. The molecular weight excluding hydrogens is 264 g/mol. The number of piperidine rings is 1. The summed E-state index contributed by atoms with van der Waals surface area (Å²) in [7, 11) is 1.86. The summed E-state index contributed by atoms with van der Waals surface area (Å²) >= 11 is 0. The van der Waals surface area contributed by atoms with Crippen molar-refractivity contribution >= 4 is 5.96 Å². The molecule has 1 fully saturated rings. The van der Waals surface area contributed by atoms with Crippen molar-refractivity contribution in [2.24, 2.45) is 16.8 Å². The van der Waals surface area contributed by atoms with E-state index < -0.39 is 0 Å². The Labute approximate surface area is 126 Å². The number of likely N-dealkylation sites (tertiary alicyclic amines) is 1. The second kappa shape index (κ2) is 6.03. The van der Waals surface area contributed by atoms with Crippen molar-refractivity contribution in [3.05, 3.63) is 11.6 Å². The number of hydrogen-bond donors (Lipinski definition) is 1. The largest absolute Gasteiger partial charge is 0.349 e. The highest BCUT2D eigenvalue weighted by Crippen LogP contribution is 2.21. The van der Waals surface area contributed by atoms with Crippen LogP contribution in [0.5, 0.6) is 0 Å². The van der Waals surface area contributed by atoms with Crippen LogP contribution in [0.4, 0.5) is 0 Å². The summed E-state index contributed by atoms with van der Waals surface area (Å²) < 4.78 is 2.24. The van der Waals surface area contributed by atoms with Gasteiger partial charge < -0.3 is 14.8 Å². The van der Waals surface area contributed by atoms with Gasteiger partial charge in [-0.1, -0.05) is 13.8 Å². The van der Waals surface area contributed by atoms with Crippen LogP contribution in [0, 0.1) is 11.8 Å². The van der Waals surface area contributed by atoms with Crippen LogP contribution in [0.2, 0.25) is 0 Å². The van der Waals surface area contributed by atoms with Gasteiger partial charge in [-0.25, -0.2) is 0 Å². The normalized spacial score (nSPS) is 26.0. The molecule has 2 aliphatic heterocycles. The van der Waals surface area contributed by atoms with Crippen LogP contribution in [-0.4, -0.2) is 45.8 Å². The van der Waals surface area contributed by atoms with E-state index in [9.17, 15) is 0 Å². The van der Waals surface area contributed by atoms with Crippen LogP contribution >= 0.6 is 0 Å². The van der Waals surface area contributed by atoms with Crippen molar-refractivity contribution in [3.8, 4) is 0 Å². The third-order valence-corrected chi connectivity index (χ3v) is 4.47. The molecule has 2 unspecified atom stereocenters. The minimum absolute atomic E-state index is 0.707. The Kier molecular flexibility index (Phi) is 4.12. The lowest BCUT2D eigenvalue weighted by atomic mass is 9.92. The minimum Gasteiger partial charge on any atom is -0.349 e. The Balaban J connectivity index is 1.62. The fourth-order valence-electron chi connectivity index (χ4n) is 3.67. The highest BCUT2D eigenvalue weighted by atomic mass is 15.3. The van der Waals surface area contributed by atoms with Gasteiger partial charge in [-0.2, -0.15) is 0 Å². The zero-order valence-electron chi connectivity index (χ0n) is 13.3. The summed E-state index contributed by atoms with van der Waals surface area (Å²) in [5, 5.41) is 12.0. The average Bonchev–Trinajstić information content (AvgIpc) is 3.02. The van der Waals surface area contributed by atoms with Crippen LogP contribution < -0.4 is 5.32 Å². The molecule has 0 aromatic carbocycles. The van der Waals surface area contributed by atoms with Gasteiger partial charge in [-0.15, -0.1) is 10.2 Å². The third kappa shape index (κ3) is 3.04. The van der Waals surface area contributed by atoms with E-state index in [4.69, 9.17) is 0 Å². The molecule has 0 aliphatic carbocycles. The molecule has 1 N–H and O–H groups in total. The van der Waals surface area contributed by atoms with Gasteiger partial charge in [0.15, 0.2) is 11.8 Å². The van der Waals surface area contributed by atoms with Gasteiger partial charge >= 0.3 is 0 Å². The molecule has 6 heteroatoms. The first-order valence-corrected chi connectivity index (χ1v) is 8.04. The number of rotatable bonds is 2. The van der Waals surface area contributed by atoms with Gasteiger partial charge in [0.2, 0.25) is 0 Å². The molecule has 0 spiro atoms. The summed E-state index contributed by atoms with van der Waals surface area (Å²) in [6, 6.07) is 0. The molecule has 2 atom stereocenters. The molecule has 116 valence electrons. The SMILES string of the molecule is CN=C(NCc1nnc2n1CCC2)N1CC(C)CC(C)C1. The summed E-state index contributed by atoms with van der Waals surface area (Å²) in [6.07, 6.45) is 3.56. The Morgan fingerprint density at radius 1 is 1.29 bits per heavy atom. The van der Waals surface area contributed by atoms with E-state index in [0.717, 1.165) is 55.5 Å². The van der Waals surface area contributed by atoms with Gasteiger partial charge in [0, 0.05) is 33.1 Å². The van der Waals surface area contributed by atoms with E-state index in [1.54, 1.807) is 0 Å². The first-order valence-electron chi connectivity index (χ1n) is 8.04. The van der Waals surface area contributed by atoms with Gasteiger partial charge in [0.05, 0.1) is 6.54 Å². The molecule has 1 saturated heterocycles. The van der Waals surface area contributed by atoms with Gasteiger partial charge in [-0.3, -0.25) is 4.99 Å². The first-order chi connectivity index (χ1) is 10.2. The summed E-state index contributed by atoms with van der Waals surface area (Å²) in [4.78, 5) is 6.82. The lowest BCUT2D eigenvalue weighted by Crippen LogP contribution is -2.48. The predicted molar refractivity (Wildman–Crippen MR) is 83.1 cm³/mol. The number of hydrogen-bond acceptors (Lipinski definition) is 3.